The maximum Gasteiger partial charge on any atom is 0.308 e. The first-order valence-electron chi connectivity index (χ1n) is 5.12. The molecule has 15 heavy (non-hydrogen) atoms. The summed E-state index contributed by atoms with van der Waals surface area (Å²) in [6.07, 6.45) is -1.31. The van der Waals surface area contributed by atoms with Crippen LogP contribution in [0.4, 0.5) is 0 Å². The van der Waals surface area contributed by atoms with Gasteiger partial charge in [0.15, 0.2) is 5.78 Å². The molecule has 84 valence electrons. The van der Waals surface area contributed by atoms with Gasteiger partial charge < -0.3 is 14.6 Å². The number of aliphatic hydroxyl groups is 1. The zero-order valence-corrected chi connectivity index (χ0v) is 8.51. The lowest BCUT2D eigenvalue weighted by molar-refractivity contribution is -0.151. The minimum absolute atomic E-state index is 0.0232. The summed E-state index contributed by atoms with van der Waals surface area (Å²) in [4.78, 5) is 22.7. The van der Waals surface area contributed by atoms with Gasteiger partial charge in [-0.1, -0.05) is 0 Å². The summed E-state index contributed by atoms with van der Waals surface area (Å²) in [5, 5.41) is 9.42. The molecular formula is C10H14O5. The SMILES string of the molecule is C[C@@H]1C[C@@H]2O[C@@H]2C(=O)C[C@@H](O)CC(=O)O1. The van der Waals surface area contributed by atoms with Gasteiger partial charge >= 0.3 is 5.97 Å². The molecule has 2 aliphatic heterocycles. The molecule has 5 heteroatoms. The van der Waals surface area contributed by atoms with Crippen molar-refractivity contribution in [3.8, 4) is 0 Å². The maximum atomic E-state index is 11.5. The molecule has 0 spiro atoms. The Morgan fingerprint density at radius 3 is 2.80 bits per heavy atom. The van der Waals surface area contributed by atoms with Crippen molar-refractivity contribution in [2.24, 2.45) is 0 Å². The number of cyclic esters (lactones) is 1. The Kier molecular flexibility index (Phi) is 2.75. The number of hydrogen-bond donors (Lipinski definition) is 1. The molecule has 0 bridgehead atoms. The number of ketones is 1. The van der Waals surface area contributed by atoms with Crippen molar-refractivity contribution in [3.63, 3.8) is 0 Å². The number of rotatable bonds is 0. The Hall–Kier alpha value is -0.940. The highest BCUT2D eigenvalue weighted by molar-refractivity contribution is 5.86. The van der Waals surface area contributed by atoms with Crippen LogP contribution in [0.1, 0.15) is 26.2 Å². The number of aliphatic hydroxyl groups excluding tert-OH is 1. The van der Waals surface area contributed by atoms with E-state index in [1.807, 2.05) is 0 Å². The van der Waals surface area contributed by atoms with E-state index in [4.69, 9.17) is 9.47 Å². The van der Waals surface area contributed by atoms with E-state index in [9.17, 15) is 14.7 Å². The van der Waals surface area contributed by atoms with Gasteiger partial charge in [0.25, 0.3) is 0 Å². The van der Waals surface area contributed by atoms with Crippen LogP contribution in [0.5, 0.6) is 0 Å². The number of esters is 1. The molecule has 2 fully saturated rings. The Morgan fingerprint density at radius 2 is 2.07 bits per heavy atom. The molecule has 5 nitrogen and oxygen atoms in total. The molecule has 0 aromatic carbocycles. The molecule has 2 heterocycles. The molecule has 0 aromatic rings. The molecule has 0 unspecified atom stereocenters. The van der Waals surface area contributed by atoms with Crippen LogP contribution < -0.4 is 0 Å². The minimum atomic E-state index is -0.944. The number of fused-ring (bicyclic) bond motifs is 1. The number of carbonyl (C=O) groups is 2. The van der Waals surface area contributed by atoms with Gasteiger partial charge in [0.1, 0.15) is 12.2 Å². The van der Waals surface area contributed by atoms with Crippen molar-refractivity contribution < 1.29 is 24.2 Å². The van der Waals surface area contributed by atoms with Gasteiger partial charge in [-0.2, -0.15) is 0 Å². The number of Topliss-reactive ketones (excluding diaryl/α,β-unsaturated/α-hetero) is 1. The summed E-state index contributed by atoms with van der Waals surface area (Å²) in [5.41, 5.74) is 0. The van der Waals surface area contributed by atoms with Crippen molar-refractivity contribution in [2.45, 2.75) is 50.6 Å². The van der Waals surface area contributed by atoms with Gasteiger partial charge in [-0.15, -0.1) is 0 Å². The quantitative estimate of drug-likeness (QED) is 0.446. The smallest absolute Gasteiger partial charge is 0.308 e. The third-order valence-corrected chi connectivity index (χ3v) is 2.64. The first-order valence-corrected chi connectivity index (χ1v) is 5.12. The van der Waals surface area contributed by atoms with E-state index in [-0.39, 0.29) is 36.9 Å². The van der Waals surface area contributed by atoms with Gasteiger partial charge in [-0.25, -0.2) is 0 Å². The Balaban J connectivity index is 2.02. The number of epoxide rings is 1. The molecule has 0 radical (unpaired) electrons. The molecule has 0 amide bonds. The second-order valence-electron chi connectivity index (χ2n) is 4.16. The number of hydrogen-bond acceptors (Lipinski definition) is 5. The minimum Gasteiger partial charge on any atom is -0.462 e. The number of ether oxygens (including phenoxy) is 2. The predicted octanol–water partition coefficient (Wildman–Crippen LogP) is -0.201. The monoisotopic (exact) mass is 214 g/mol. The maximum absolute atomic E-state index is 11.5. The van der Waals surface area contributed by atoms with E-state index in [1.54, 1.807) is 6.92 Å². The van der Waals surface area contributed by atoms with Crippen LogP contribution in [-0.2, 0) is 19.1 Å². The van der Waals surface area contributed by atoms with E-state index < -0.39 is 12.1 Å². The van der Waals surface area contributed by atoms with Gasteiger partial charge in [0.05, 0.1) is 18.6 Å². The van der Waals surface area contributed by atoms with Crippen molar-refractivity contribution in [1.82, 2.24) is 0 Å². The van der Waals surface area contributed by atoms with Crippen LogP contribution in [0.3, 0.4) is 0 Å². The highest BCUT2D eigenvalue weighted by Gasteiger charge is 2.46. The Morgan fingerprint density at radius 1 is 1.33 bits per heavy atom. The molecule has 0 aliphatic carbocycles. The van der Waals surface area contributed by atoms with Crippen molar-refractivity contribution >= 4 is 11.8 Å². The average molecular weight is 214 g/mol. The van der Waals surface area contributed by atoms with Gasteiger partial charge in [0.2, 0.25) is 0 Å². The van der Waals surface area contributed by atoms with Crippen LogP contribution in [-0.4, -0.2) is 41.3 Å². The first-order chi connectivity index (χ1) is 7.06. The fourth-order valence-electron chi connectivity index (χ4n) is 1.87. The van der Waals surface area contributed by atoms with Crippen LogP contribution in [0.2, 0.25) is 0 Å². The number of carbonyl (C=O) groups excluding carboxylic acids is 2. The standard InChI is InChI=1S/C10H14O5/c1-5-2-8-10(15-8)7(12)3-6(11)4-9(13)14-5/h5-6,8,10-11H,2-4H2,1H3/t5-,6-,8+,10-/m1/s1. The van der Waals surface area contributed by atoms with E-state index in [1.165, 1.54) is 0 Å². The van der Waals surface area contributed by atoms with Crippen molar-refractivity contribution in [3.05, 3.63) is 0 Å². The molecule has 0 aromatic heterocycles. The van der Waals surface area contributed by atoms with E-state index >= 15 is 0 Å². The fourth-order valence-corrected chi connectivity index (χ4v) is 1.87. The lowest BCUT2D eigenvalue weighted by atomic mass is 10.0. The van der Waals surface area contributed by atoms with Crippen LogP contribution in [0.25, 0.3) is 0 Å². The van der Waals surface area contributed by atoms with E-state index in [0.29, 0.717) is 6.42 Å². The van der Waals surface area contributed by atoms with Crippen LogP contribution in [0, 0.1) is 0 Å². The molecular weight excluding hydrogens is 200 g/mol. The first kappa shape index (κ1) is 10.6. The Labute approximate surface area is 87.4 Å². The molecule has 1 N–H and O–H groups in total. The van der Waals surface area contributed by atoms with Crippen LogP contribution >= 0.6 is 0 Å². The highest BCUT2D eigenvalue weighted by Crippen LogP contribution is 2.30. The summed E-state index contributed by atoms with van der Waals surface area (Å²) >= 11 is 0. The summed E-state index contributed by atoms with van der Waals surface area (Å²) in [7, 11) is 0. The normalized spacial score (nSPS) is 41.7. The second kappa shape index (κ2) is 3.90. The lowest BCUT2D eigenvalue weighted by Crippen LogP contribution is -2.27. The van der Waals surface area contributed by atoms with Crippen molar-refractivity contribution in [2.75, 3.05) is 0 Å². The van der Waals surface area contributed by atoms with Gasteiger partial charge in [0, 0.05) is 12.8 Å². The van der Waals surface area contributed by atoms with Crippen molar-refractivity contribution in [1.29, 1.82) is 0 Å². The molecule has 0 saturated carbocycles. The van der Waals surface area contributed by atoms with Crippen LogP contribution in [0.15, 0.2) is 0 Å². The van der Waals surface area contributed by atoms with Gasteiger partial charge in [-0.3, -0.25) is 9.59 Å². The largest absolute Gasteiger partial charge is 0.462 e. The molecule has 4 atom stereocenters. The summed E-state index contributed by atoms with van der Waals surface area (Å²) < 4.78 is 10.2. The topological polar surface area (TPSA) is 76.1 Å². The fraction of sp³-hybridized carbons (Fsp3) is 0.800. The second-order valence-corrected chi connectivity index (χ2v) is 4.16. The third kappa shape index (κ3) is 2.54. The molecule has 2 aliphatic rings. The van der Waals surface area contributed by atoms with Gasteiger partial charge in [-0.05, 0) is 6.92 Å². The van der Waals surface area contributed by atoms with E-state index in [0.717, 1.165) is 0 Å². The molecule has 2 rings (SSSR count). The molecule has 2 saturated heterocycles. The predicted molar refractivity (Wildman–Crippen MR) is 49.1 cm³/mol. The zero-order chi connectivity index (χ0) is 11.0. The zero-order valence-electron chi connectivity index (χ0n) is 8.51. The van der Waals surface area contributed by atoms with E-state index in [2.05, 4.69) is 0 Å². The average Bonchev–Trinajstić information content (AvgIpc) is 2.80. The summed E-state index contributed by atoms with van der Waals surface area (Å²) in [6, 6.07) is 0. The lowest BCUT2D eigenvalue weighted by Gasteiger charge is -2.15. The summed E-state index contributed by atoms with van der Waals surface area (Å²) in [5.74, 6) is -0.573. The Bertz CT molecular complexity index is 288. The third-order valence-electron chi connectivity index (χ3n) is 2.64. The highest BCUT2D eigenvalue weighted by atomic mass is 16.6. The summed E-state index contributed by atoms with van der Waals surface area (Å²) in [6.45, 7) is 1.76.